The lowest BCUT2D eigenvalue weighted by Gasteiger charge is -2.37. The van der Waals surface area contributed by atoms with E-state index in [0.29, 0.717) is 30.6 Å². The maximum Gasteiger partial charge on any atom is 0.250 e. The SMILES string of the molecule is CC(C)C[C@H](CO)N1C(=O)[C@@H]2[C@H](C(=O)Nc3ccccc3)[C@]3(C)CCC2(O3)C1C(=O)Nc1ccc2ccccc2c1. The first-order chi connectivity index (χ1) is 19.7. The summed E-state index contributed by atoms with van der Waals surface area (Å²) in [5.74, 6) is -2.40. The average molecular weight is 556 g/mol. The van der Waals surface area contributed by atoms with E-state index in [4.69, 9.17) is 4.74 Å². The number of likely N-dealkylation sites (tertiary alicyclic amines) is 1. The van der Waals surface area contributed by atoms with Gasteiger partial charge in [0.1, 0.15) is 11.6 Å². The summed E-state index contributed by atoms with van der Waals surface area (Å²) in [6.45, 7) is 5.63. The predicted octanol–water partition coefficient (Wildman–Crippen LogP) is 4.59. The van der Waals surface area contributed by atoms with Crippen LogP contribution < -0.4 is 10.6 Å². The van der Waals surface area contributed by atoms with Gasteiger partial charge in [0.15, 0.2) is 0 Å². The number of carbonyl (C=O) groups is 3. The van der Waals surface area contributed by atoms with E-state index in [1.54, 1.807) is 12.1 Å². The van der Waals surface area contributed by atoms with Crippen LogP contribution in [0.3, 0.4) is 0 Å². The molecule has 3 aliphatic heterocycles. The van der Waals surface area contributed by atoms with Crippen molar-refractivity contribution in [3.63, 3.8) is 0 Å². The minimum atomic E-state index is -1.17. The number of carbonyl (C=O) groups excluding carboxylic acids is 3. The number of benzene rings is 3. The third-order valence-electron chi connectivity index (χ3n) is 9.15. The number of nitrogens with one attached hydrogen (secondary N) is 2. The van der Waals surface area contributed by atoms with Crippen molar-refractivity contribution >= 4 is 39.9 Å². The largest absolute Gasteiger partial charge is 0.394 e. The number of para-hydroxylation sites is 1. The molecule has 2 unspecified atom stereocenters. The van der Waals surface area contributed by atoms with Crippen LogP contribution in [-0.4, -0.2) is 57.6 Å². The summed E-state index contributed by atoms with van der Waals surface area (Å²) in [4.78, 5) is 44.0. The van der Waals surface area contributed by atoms with E-state index in [1.807, 2.05) is 81.4 Å². The van der Waals surface area contributed by atoms with Crippen LogP contribution >= 0.6 is 0 Å². The monoisotopic (exact) mass is 555 g/mol. The van der Waals surface area contributed by atoms with Crippen LogP contribution in [-0.2, 0) is 19.1 Å². The summed E-state index contributed by atoms with van der Waals surface area (Å²) in [5, 5.41) is 18.5. The lowest BCUT2D eigenvalue weighted by atomic mass is 9.66. The smallest absolute Gasteiger partial charge is 0.250 e. The summed E-state index contributed by atoms with van der Waals surface area (Å²) in [6.07, 6.45) is 1.54. The Bertz CT molecular complexity index is 1490. The van der Waals surface area contributed by atoms with Gasteiger partial charge >= 0.3 is 0 Å². The van der Waals surface area contributed by atoms with Crippen molar-refractivity contribution in [1.82, 2.24) is 4.90 Å². The summed E-state index contributed by atoms with van der Waals surface area (Å²) in [5.41, 5.74) is -0.809. The average Bonchev–Trinajstić information content (AvgIpc) is 3.52. The molecule has 6 rings (SSSR count). The van der Waals surface area contributed by atoms with Gasteiger partial charge in [0, 0.05) is 11.4 Å². The van der Waals surface area contributed by atoms with Crippen molar-refractivity contribution in [2.24, 2.45) is 17.8 Å². The number of aliphatic hydroxyl groups is 1. The van der Waals surface area contributed by atoms with Crippen LogP contribution in [0.2, 0.25) is 0 Å². The van der Waals surface area contributed by atoms with Crippen molar-refractivity contribution in [2.45, 2.75) is 63.3 Å². The van der Waals surface area contributed by atoms with Crippen molar-refractivity contribution in [2.75, 3.05) is 17.2 Å². The lowest BCUT2D eigenvalue weighted by molar-refractivity contribution is -0.147. The molecule has 214 valence electrons. The number of hydrogen-bond acceptors (Lipinski definition) is 5. The summed E-state index contributed by atoms with van der Waals surface area (Å²) in [6, 6.07) is 21.2. The second kappa shape index (κ2) is 10.3. The Labute approximate surface area is 240 Å². The highest BCUT2D eigenvalue weighted by Crippen LogP contribution is 2.63. The molecule has 3 heterocycles. The molecule has 3 aromatic carbocycles. The Hall–Kier alpha value is -3.75. The normalized spacial score (nSPS) is 29.1. The number of hydrogen-bond donors (Lipinski definition) is 3. The topological polar surface area (TPSA) is 108 Å². The van der Waals surface area contributed by atoms with Gasteiger partial charge in [0.25, 0.3) is 0 Å². The summed E-state index contributed by atoms with van der Waals surface area (Å²) < 4.78 is 6.72. The Morgan fingerprint density at radius 2 is 1.63 bits per heavy atom. The van der Waals surface area contributed by atoms with E-state index in [0.717, 1.165) is 10.8 Å². The molecule has 0 aliphatic carbocycles. The number of nitrogens with zero attached hydrogens (tertiary/aromatic N) is 1. The van der Waals surface area contributed by atoms with Crippen molar-refractivity contribution in [1.29, 1.82) is 0 Å². The van der Waals surface area contributed by atoms with Gasteiger partial charge in [-0.3, -0.25) is 14.4 Å². The van der Waals surface area contributed by atoms with E-state index in [9.17, 15) is 19.5 Å². The molecule has 3 aromatic rings. The van der Waals surface area contributed by atoms with E-state index in [1.165, 1.54) is 4.90 Å². The number of ether oxygens (including phenoxy) is 1. The van der Waals surface area contributed by atoms with Crippen LogP contribution in [0.15, 0.2) is 72.8 Å². The fourth-order valence-electron chi connectivity index (χ4n) is 7.50. The first kappa shape index (κ1) is 27.4. The van der Waals surface area contributed by atoms with Gasteiger partial charge in [-0.05, 0) is 67.1 Å². The molecule has 8 nitrogen and oxygen atoms in total. The first-order valence-electron chi connectivity index (χ1n) is 14.5. The number of anilines is 2. The molecule has 6 atom stereocenters. The number of aliphatic hydroxyl groups excluding tert-OH is 1. The van der Waals surface area contributed by atoms with E-state index in [2.05, 4.69) is 10.6 Å². The van der Waals surface area contributed by atoms with Gasteiger partial charge < -0.3 is 25.4 Å². The van der Waals surface area contributed by atoms with Gasteiger partial charge in [-0.15, -0.1) is 0 Å². The predicted molar refractivity (Wildman–Crippen MR) is 157 cm³/mol. The molecule has 3 fully saturated rings. The standard InChI is InChI=1S/C33H37N3O5/c1-20(2)17-25(19-37)36-28(30(39)35-24-14-13-21-9-7-8-10-22(21)18-24)33-16-15-32(3,41-33)26(27(33)31(36)40)29(38)34-23-11-5-4-6-12-23/h4-14,18,20,25-28,37H,15-17,19H2,1-3H3,(H,34,38)(H,35,39)/t25-,26-,27+,28?,32+,33?/m1/s1. The molecule has 3 N–H and O–H groups in total. The molecule has 41 heavy (non-hydrogen) atoms. The Morgan fingerprint density at radius 1 is 0.951 bits per heavy atom. The van der Waals surface area contributed by atoms with E-state index < -0.39 is 35.1 Å². The molecule has 0 radical (unpaired) electrons. The third kappa shape index (κ3) is 4.50. The molecule has 0 aromatic heterocycles. The number of rotatable bonds is 8. The van der Waals surface area contributed by atoms with Crippen LogP contribution in [0.1, 0.15) is 40.0 Å². The quantitative estimate of drug-likeness (QED) is 0.377. The molecular weight excluding hydrogens is 518 g/mol. The number of amides is 3. The van der Waals surface area contributed by atoms with Gasteiger partial charge in [0.05, 0.1) is 30.1 Å². The van der Waals surface area contributed by atoms with E-state index >= 15 is 0 Å². The maximum absolute atomic E-state index is 14.4. The zero-order valence-corrected chi connectivity index (χ0v) is 23.7. The molecule has 8 heteroatoms. The van der Waals surface area contributed by atoms with Gasteiger partial charge in [-0.25, -0.2) is 0 Å². The van der Waals surface area contributed by atoms with Crippen molar-refractivity contribution in [3.8, 4) is 0 Å². The highest BCUT2D eigenvalue weighted by molar-refractivity contribution is 6.06. The molecule has 1 spiro atoms. The minimum Gasteiger partial charge on any atom is -0.394 e. The van der Waals surface area contributed by atoms with Gasteiger partial charge in [-0.2, -0.15) is 0 Å². The zero-order chi connectivity index (χ0) is 28.9. The highest BCUT2D eigenvalue weighted by atomic mass is 16.5. The van der Waals surface area contributed by atoms with Gasteiger partial charge in [0.2, 0.25) is 17.7 Å². The Morgan fingerprint density at radius 3 is 2.34 bits per heavy atom. The Balaban J connectivity index is 1.38. The zero-order valence-electron chi connectivity index (χ0n) is 23.7. The molecule has 0 saturated carbocycles. The molecular formula is C33H37N3O5. The van der Waals surface area contributed by atoms with Crippen LogP contribution in [0.25, 0.3) is 10.8 Å². The van der Waals surface area contributed by atoms with Crippen molar-refractivity contribution in [3.05, 3.63) is 72.8 Å². The lowest BCUT2D eigenvalue weighted by Crippen LogP contribution is -2.56. The molecule has 2 bridgehead atoms. The van der Waals surface area contributed by atoms with Crippen LogP contribution in [0.4, 0.5) is 11.4 Å². The molecule has 3 aliphatic rings. The third-order valence-corrected chi connectivity index (χ3v) is 9.15. The summed E-state index contributed by atoms with van der Waals surface area (Å²) in [7, 11) is 0. The Kier molecular flexibility index (Phi) is 6.86. The highest BCUT2D eigenvalue weighted by Gasteiger charge is 2.78. The second-order valence-corrected chi connectivity index (χ2v) is 12.3. The fourth-order valence-corrected chi connectivity index (χ4v) is 7.50. The van der Waals surface area contributed by atoms with E-state index in [-0.39, 0.29) is 30.2 Å². The molecule has 3 amide bonds. The van der Waals surface area contributed by atoms with Crippen molar-refractivity contribution < 1.29 is 24.2 Å². The van der Waals surface area contributed by atoms with Gasteiger partial charge in [-0.1, -0.05) is 62.4 Å². The second-order valence-electron chi connectivity index (χ2n) is 12.3. The summed E-state index contributed by atoms with van der Waals surface area (Å²) >= 11 is 0. The fraction of sp³-hybridized carbons (Fsp3) is 0.424. The van der Waals surface area contributed by atoms with Crippen LogP contribution in [0, 0.1) is 17.8 Å². The maximum atomic E-state index is 14.4. The number of fused-ring (bicyclic) bond motifs is 2. The minimum absolute atomic E-state index is 0.175. The first-order valence-corrected chi connectivity index (χ1v) is 14.5. The molecule has 3 saturated heterocycles. The van der Waals surface area contributed by atoms with Crippen LogP contribution in [0.5, 0.6) is 0 Å².